The number of carbonyl (C=O) groups is 2. The zero-order chi connectivity index (χ0) is 56.4. The Balaban J connectivity index is 3.45. The number of unbranched alkanes of at least 4 members (excludes halogenated alkanes) is 51. The summed E-state index contributed by atoms with van der Waals surface area (Å²) in [5.41, 5.74) is 0. The third-order valence-electron chi connectivity index (χ3n) is 16.4. The number of ether oxygens (including phenoxy) is 1. The zero-order valence-corrected chi connectivity index (χ0v) is 52.7. The number of rotatable bonds is 66. The molecular formula is C72H137NO5. The third-order valence-corrected chi connectivity index (χ3v) is 16.4. The molecule has 0 spiro atoms. The van der Waals surface area contributed by atoms with Crippen molar-refractivity contribution in [3.63, 3.8) is 0 Å². The van der Waals surface area contributed by atoms with Gasteiger partial charge >= 0.3 is 5.97 Å². The van der Waals surface area contributed by atoms with Crippen molar-refractivity contribution in [3.05, 3.63) is 36.5 Å². The van der Waals surface area contributed by atoms with Crippen LogP contribution in [-0.4, -0.2) is 47.4 Å². The van der Waals surface area contributed by atoms with E-state index in [1.165, 1.54) is 315 Å². The Morgan fingerprint density at radius 2 is 0.641 bits per heavy atom. The SMILES string of the molecule is CCCCCCCCCCCCCCCCCCCCCC/C=C/C(O)C(CO)NC(=O)CCCCCCCCCCC/C=C\C/C=C\CCCCCCCCCCCOC(=O)CCCCCCCCCCCCCCCC. The molecule has 3 N–H and O–H groups in total. The molecule has 0 aliphatic heterocycles. The van der Waals surface area contributed by atoms with Gasteiger partial charge in [0.25, 0.3) is 0 Å². The minimum absolute atomic E-state index is 0.0113. The van der Waals surface area contributed by atoms with Gasteiger partial charge in [-0.25, -0.2) is 0 Å². The highest BCUT2D eigenvalue weighted by atomic mass is 16.5. The van der Waals surface area contributed by atoms with E-state index in [0.29, 0.717) is 19.4 Å². The molecule has 0 bridgehead atoms. The maximum Gasteiger partial charge on any atom is 0.305 e. The Morgan fingerprint density at radius 3 is 0.974 bits per heavy atom. The van der Waals surface area contributed by atoms with Gasteiger partial charge in [0.2, 0.25) is 5.91 Å². The Labute approximate surface area is 487 Å². The molecule has 0 aliphatic carbocycles. The lowest BCUT2D eigenvalue weighted by molar-refractivity contribution is -0.143. The molecule has 6 nitrogen and oxygen atoms in total. The molecule has 0 radical (unpaired) electrons. The quantitative estimate of drug-likeness (QED) is 0.0320. The van der Waals surface area contributed by atoms with Crippen LogP contribution in [-0.2, 0) is 14.3 Å². The fourth-order valence-corrected chi connectivity index (χ4v) is 11.0. The molecular weight excluding hydrogens is 959 g/mol. The average Bonchev–Trinajstić information content (AvgIpc) is 3.44. The molecule has 78 heavy (non-hydrogen) atoms. The third kappa shape index (κ3) is 63.3. The van der Waals surface area contributed by atoms with Gasteiger partial charge in [0.1, 0.15) is 0 Å². The maximum absolute atomic E-state index is 12.5. The fraction of sp³-hybridized carbons (Fsp3) is 0.889. The van der Waals surface area contributed by atoms with E-state index in [2.05, 4.69) is 43.5 Å². The second-order valence-corrected chi connectivity index (χ2v) is 24.2. The van der Waals surface area contributed by atoms with Gasteiger partial charge in [0, 0.05) is 12.8 Å². The van der Waals surface area contributed by atoms with Crippen LogP contribution in [0.4, 0.5) is 0 Å². The Bertz CT molecular complexity index is 1260. The van der Waals surface area contributed by atoms with Crippen LogP contribution in [0, 0.1) is 0 Å². The van der Waals surface area contributed by atoms with Gasteiger partial charge in [-0.1, -0.05) is 346 Å². The summed E-state index contributed by atoms with van der Waals surface area (Å²) in [7, 11) is 0. The zero-order valence-electron chi connectivity index (χ0n) is 52.7. The van der Waals surface area contributed by atoms with Gasteiger partial charge < -0.3 is 20.3 Å². The van der Waals surface area contributed by atoms with Crippen molar-refractivity contribution >= 4 is 11.9 Å². The maximum atomic E-state index is 12.5. The molecule has 0 saturated carbocycles. The van der Waals surface area contributed by atoms with Crippen LogP contribution in [0.15, 0.2) is 36.5 Å². The van der Waals surface area contributed by atoms with Crippen molar-refractivity contribution in [2.45, 2.75) is 398 Å². The van der Waals surface area contributed by atoms with Crippen LogP contribution in [0.25, 0.3) is 0 Å². The lowest BCUT2D eigenvalue weighted by Crippen LogP contribution is -2.45. The van der Waals surface area contributed by atoms with Crippen molar-refractivity contribution in [1.29, 1.82) is 0 Å². The predicted molar refractivity (Wildman–Crippen MR) is 343 cm³/mol. The first kappa shape index (κ1) is 76.1. The van der Waals surface area contributed by atoms with Crippen LogP contribution >= 0.6 is 0 Å². The molecule has 0 saturated heterocycles. The number of amides is 1. The number of carbonyl (C=O) groups excluding carboxylic acids is 2. The molecule has 0 aromatic carbocycles. The standard InChI is InChI=1S/C72H137NO5/c1-3-5-7-9-11-13-15-17-19-20-21-22-28-31-34-37-40-44-48-52-56-60-64-70(75)69(68-74)73-71(76)65-61-57-53-49-45-41-38-35-32-29-26-24-23-25-27-30-33-36-39-43-47-51-55-59-63-67-78-72(77)66-62-58-54-50-46-42-18-16-14-12-10-8-6-4-2/h24-27,60,64,69-70,74-75H,3-23,28-59,61-63,65-68H2,1-2H3,(H,73,76)/b26-24-,27-25-,64-60+. The summed E-state index contributed by atoms with van der Waals surface area (Å²) in [4.78, 5) is 24.6. The summed E-state index contributed by atoms with van der Waals surface area (Å²) in [5, 5.41) is 23.2. The lowest BCUT2D eigenvalue weighted by atomic mass is 10.0. The molecule has 0 aromatic heterocycles. The number of hydrogen-bond acceptors (Lipinski definition) is 5. The predicted octanol–water partition coefficient (Wildman–Crippen LogP) is 22.7. The van der Waals surface area contributed by atoms with Gasteiger partial charge in [-0.2, -0.15) is 0 Å². The van der Waals surface area contributed by atoms with E-state index >= 15 is 0 Å². The summed E-state index contributed by atoms with van der Waals surface area (Å²) >= 11 is 0. The molecule has 2 atom stereocenters. The van der Waals surface area contributed by atoms with Crippen LogP contribution < -0.4 is 5.32 Å². The Hall–Kier alpha value is -1.92. The van der Waals surface area contributed by atoms with E-state index in [1.807, 2.05) is 6.08 Å². The molecule has 0 aromatic rings. The highest BCUT2D eigenvalue weighted by Gasteiger charge is 2.18. The van der Waals surface area contributed by atoms with Gasteiger partial charge in [-0.15, -0.1) is 0 Å². The minimum atomic E-state index is -0.850. The molecule has 0 heterocycles. The normalized spacial score (nSPS) is 12.7. The molecule has 2 unspecified atom stereocenters. The van der Waals surface area contributed by atoms with Crippen molar-refractivity contribution in [2.24, 2.45) is 0 Å². The number of allylic oxidation sites excluding steroid dienone is 5. The van der Waals surface area contributed by atoms with E-state index in [0.717, 1.165) is 44.9 Å². The van der Waals surface area contributed by atoms with Gasteiger partial charge in [0.15, 0.2) is 0 Å². The average molecular weight is 1100 g/mol. The van der Waals surface area contributed by atoms with E-state index in [1.54, 1.807) is 6.08 Å². The van der Waals surface area contributed by atoms with Gasteiger partial charge in [-0.3, -0.25) is 9.59 Å². The van der Waals surface area contributed by atoms with E-state index in [4.69, 9.17) is 4.74 Å². The summed E-state index contributed by atoms with van der Waals surface area (Å²) in [6, 6.07) is -0.634. The van der Waals surface area contributed by atoms with Crippen molar-refractivity contribution in [3.8, 4) is 0 Å². The molecule has 1 amide bonds. The van der Waals surface area contributed by atoms with Gasteiger partial charge in [-0.05, 0) is 64.2 Å². The fourth-order valence-electron chi connectivity index (χ4n) is 11.0. The molecule has 0 fully saturated rings. The summed E-state index contributed by atoms with van der Waals surface area (Å²) in [6.07, 6.45) is 86.4. The van der Waals surface area contributed by atoms with E-state index in [-0.39, 0.29) is 18.5 Å². The van der Waals surface area contributed by atoms with Crippen LogP contribution in [0.5, 0.6) is 0 Å². The second-order valence-electron chi connectivity index (χ2n) is 24.2. The Kier molecular flexibility index (Phi) is 65.9. The topological polar surface area (TPSA) is 95.9 Å². The van der Waals surface area contributed by atoms with Crippen LogP contribution in [0.1, 0.15) is 386 Å². The number of hydrogen-bond donors (Lipinski definition) is 3. The van der Waals surface area contributed by atoms with Crippen molar-refractivity contribution in [1.82, 2.24) is 5.32 Å². The van der Waals surface area contributed by atoms with E-state index in [9.17, 15) is 19.8 Å². The number of esters is 1. The number of aliphatic hydroxyl groups excluding tert-OH is 2. The highest BCUT2D eigenvalue weighted by molar-refractivity contribution is 5.76. The minimum Gasteiger partial charge on any atom is -0.466 e. The summed E-state index contributed by atoms with van der Waals surface area (Å²) < 4.78 is 5.49. The van der Waals surface area contributed by atoms with Crippen LogP contribution in [0.3, 0.4) is 0 Å². The first-order valence-electron chi connectivity index (χ1n) is 35.3. The lowest BCUT2D eigenvalue weighted by Gasteiger charge is -2.20. The molecule has 0 aliphatic rings. The first-order valence-corrected chi connectivity index (χ1v) is 35.3. The van der Waals surface area contributed by atoms with Gasteiger partial charge in [0.05, 0.1) is 25.4 Å². The number of nitrogens with one attached hydrogen (secondary N) is 1. The van der Waals surface area contributed by atoms with E-state index < -0.39 is 12.1 Å². The first-order chi connectivity index (χ1) is 38.5. The molecule has 6 heteroatoms. The smallest absolute Gasteiger partial charge is 0.305 e. The molecule has 460 valence electrons. The monoisotopic (exact) mass is 1100 g/mol. The molecule has 0 rings (SSSR count). The van der Waals surface area contributed by atoms with Crippen LogP contribution in [0.2, 0.25) is 0 Å². The summed E-state index contributed by atoms with van der Waals surface area (Å²) in [5.74, 6) is -0.0592. The van der Waals surface area contributed by atoms with Crippen molar-refractivity contribution < 1.29 is 24.5 Å². The number of aliphatic hydroxyl groups is 2. The van der Waals surface area contributed by atoms with Crippen molar-refractivity contribution in [2.75, 3.05) is 13.2 Å². The highest BCUT2D eigenvalue weighted by Crippen LogP contribution is 2.18. The second kappa shape index (κ2) is 67.6. The largest absolute Gasteiger partial charge is 0.466 e. The summed E-state index contributed by atoms with van der Waals surface area (Å²) in [6.45, 7) is 4.93. The Morgan fingerprint density at radius 1 is 0.359 bits per heavy atom.